The number of benzene rings is 1. The van der Waals surface area contributed by atoms with E-state index in [-0.39, 0.29) is 5.91 Å². The first-order valence-corrected chi connectivity index (χ1v) is 8.04. The first kappa shape index (κ1) is 14.1. The zero-order chi connectivity index (χ0) is 14.7. The Morgan fingerprint density at radius 3 is 3.05 bits per heavy atom. The van der Waals surface area contributed by atoms with Gasteiger partial charge in [-0.05, 0) is 42.5 Å². The van der Waals surface area contributed by atoms with E-state index in [0.717, 1.165) is 0 Å². The number of H-pyrrole nitrogens is 1. The van der Waals surface area contributed by atoms with Crippen LogP contribution in [0.4, 0.5) is 0 Å². The van der Waals surface area contributed by atoms with E-state index in [4.69, 9.17) is 0 Å². The van der Waals surface area contributed by atoms with Crippen LogP contribution in [0.1, 0.15) is 23.4 Å². The zero-order valence-electron chi connectivity index (χ0n) is 12.0. The average Bonchev–Trinajstić information content (AvgIpc) is 3.14. The van der Waals surface area contributed by atoms with E-state index in [1.54, 1.807) is 23.7 Å². The lowest BCUT2D eigenvalue weighted by Gasteiger charge is -2.15. The van der Waals surface area contributed by atoms with Crippen molar-refractivity contribution in [2.24, 2.45) is 0 Å². The quantitative estimate of drug-likeness (QED) is 0.859. The maximum atomic E-state index is 12.1. The van der Waals surface area contributed by atoms with E-state index < -0.39 is 0 Å². The third-order valence-electron chi connectivity index (χ3n) is 3.71. The summed E-state index contributed by atoms with van der Waals surface area (Å²) in [6.07, 6.45) is 5.07. The van der Waals surface area contributed by atoms with Crippen LogP contribution in [0.25, 0.3) is 0 Å². The van der Waals surface area contributed by atoms with Crippen LogP contribution in [-0.4, -0.2) is 38.8 Å². The van der Waals surface area contributed by atoms with Crippen molar-refractivity contribution in [3.8, 4) is 0 Å². The number of hydrogen-bond donors (Lipinski definition) is 1. The molecule has 2 aromatic rings. The molecule has 1 aliphatic carbocycles. The number of fused-ring (bicyclic) bond motifs is 1. The van der Waals surface area contributed by atoms with Gasteiger partial charge in [-0.15, -0.1) is 11.8 Å². The first-order valence-electron chi connectivity index (χ1n) is 7.05. The van der Waals surface area contributed by atoms with Crippen LogP contribution in [0.5, 0.6) is 0 Å². The topological polar surface area (TPSA) is 61.9 Å². The van der Waals surface area contributed by atoms with E-state index in [1.165, 1.54) is 41.6 Å². The Labute approximate surface area is 128 Å². The van der Waals surface area contributed by atoms with Crippen molar-refractivity contribution in [1.29, 1.82) is 0 Å². The number of nitrogens with one attached hydrogen (secondary N) is 1. The Bertz CT molecular complexity index is 627. The molecule has 0 radical (unpaired) electrons. The second-order valence-corrected chi connectivity index (χ2v) is 6.30. The molecule has 0 atom stereocenters. The number of hydrogen-bond acceptors (Lipinski definition) is 4. The third kappa shape index (κ3) is 3.44. The highest BCUT2D eigenvalue weighted by Crippen LogP contribution is 2.27. The number of aromatic amines is 1. The standard InChI is InChI=1S/C15H18N4OS/c1-19(8-14-16-10-17-18-14)15(20)9-21-13-6-5-11-3-2-4-12(11)7-13/h5-7,10H,2-4,8-9H2,1H3,(H,16,17,18). The molecule has 1 N–H and O–H groups in total. The highest BCUT2D eigenvalue weighted by Gasteiger charge is 2.14. The third-order valence-corrected chi connectivity index (χ3v) is 4.69. The Morgan fingerprint density at radius 1 is 1.38 bits per heavy atom. The van der Waals surface area contributed by atoms with E-state index in [0.29, 0.717) is 18.1 Å². The van der Waals surface area contributed by atoms with E-state index in [1.807, 2.05) is 0 Å². The number of aromatic nitrogens is 3. The van der Waals surface area contributed by atoms with Crippen molar-refractivity contribution in [3.05, 3.63) is 41.5 Å². The number of carbonyl (C=O) groups excluding carboxylic acids is 1. The van der Waals surface area contributed by atoms with Gasteiger partial charge in [0, 0.05) is 11.9 Å². The van der Waals surface area contributed by atoms with Gasteiger partial charge in [0.25, 0.3) is 0 Å². The summed E-state index contributed by atoms with van der Waals surface area (Å²) in [5.74, 6) is 1.24. The first-order chi connectivity index (χ1) is 10.2. The molecule has 1 aromatic heterocycles. The summed E-state index contributed by atoms with van der Waals surface area (Å²) in [5, 5.41) is 6.55. The number of thioether (sulfide) groups is 1. The van der Waals surface area contributed by atoms with Crippen molar-refractivity contribution < 1.29 is 4.79 Å². The smallest absolute Gasteiger partial charge is 0.233 e. The summed E-state index contributed by atoms with van der Waals surface area (Å²) in [5.41, 5.74) is 2.91. The summed E-state index contributed by atoms with van der Waals surface area (Å²) >= 11 is 1.60. The molecule has 0 fully saturated rings. The lowest BCUT2D eigenvalue weighted by Crippen LogP contribution is -2.28. The lowest BCUT2D eigenvalue weighted by atomic mass is 10.1. The summed E-state index contributed by atoms with van der Waals surface area (Å²) in [6.45, 7) is 0.462. The molecule has 0 saturated carbocycles. The predicted octanol–water partition coefficient (Wildman–Crippen LogP) is 2.04. The molecule has 6 heteroatoms. The molecule has 1 aromatic carbocycles. The number of carbonyl (C=O) groups is 1. The van der Waals surface area contributed by atoms with Gasteiger partial charge in [0.2, 0.25) is 5.91 Å². The molecule has 0 unspecified atom stereocenters. The number of aryl methyl sites for hydroxylation is 2. The minimum Gasteiger partial charge on any atom is -0.338 e. The van der Waals surface area contributed by atoms with Crippen molar-refractivity contribution in [2.45, 2.75) is 30.7 Å². The second-order valence-electron chi connectivity index (χ2n) is 5.25. The maximum Gasteiger partial charge on any atom is 0.233 e. The highest BCUT2D eigenvalue weighted by molar-refractivity contribution is 8.00. The summed E-state index contributed by atoms with van der Waals surface area (Å²) in [4.78, 5) is 19.0. The molecule has 21 heavy (non-hydrogen) atoms. The van der Waals surface area contributed by atoms with Gasteiger partial charge >= 0.3 is 0 Å². The molecular weight excluding hydrogens is 284 g/mol. The fraction of sp³-hybridized carbons (Fsp3) is 0.400. The molecule has 1 heterocycles. The average molecular weight is 302 g/mol. The molecule has 3 rings (SSSR count). The van der Waals surface area contributed by atoms with Crippen LogP contribution in [0, 0.1) is 0 Å². The van der Waals surface area contributed by atoms with Crippen LogP contribution in [0.2, 0.25) is 0 Å². The van der Waals surface area contributed by atoms with Gasteiger partial charge in [-0.2, -0.15) is 5.10 Å². The molecule has 110 valence electrons. The van der Waals surface area contributed by atoms with Crippen molar-refractivity contribution in [1.82, 2.24) is 20.1 Å². The highest BCUT2D eigenvalue weighted by atomic mass is 32.2. The Kier molecular flexibility index (Phi) is 4.24. The van der Waals surface area contributed by atoms with Gasteiger partial charge in [-0.25, -0.2) is 4.98 Å². The molecule has 0 aliphatic heterocycles. The molecule has 1 aliphatic rings. The second kappa shape index (κ2) is 6.30. The summed E-state index contributed by atoms with van der Waals surface area (Å²) in [7, 11) is 1.79. The van der Waals surface area contributed by atoms with Gasteiger partial charge in [-0.3, -0.25) is 9.89 Å². The zero-order valence-corrected chi connectivity index (χ0v) is 12.8. The molecule has 0 bridgehead atoms. The number of amides is 1. The minimum absolute atomic E-state index is 0.0944. The Hall–Kier alpha value is -1.82. The molecular formula is C15H18N4OS. The number of nitrogens with zero attached hydrogens (tertiary/aromatic N) is 3. The van der Waals surface area contributed by atoms with Crippen LogP contribution in [0.15, 0.2) is 29.4 Å². The van der Waals surface area contributed by atoms with E-state index >= 15 is 0 Å². The van der Waals surface area contributed by atoms with E-state index in [9.17, 15) is 4.79 Å². The normalized spacial score (nSPS) is 13.2. The SMILES string of the molecule is CN(Cc1ncn[nH]1)C(=O)CSc1ccc2c(c1)CCC2. The monoisotopic (exact) mass is 302 g/mol. The van der Waals surface area contributed by atoms with Crippen LogP contribution in [0.3, 0.4) is 0 Å². The van der Waals surface area contributed by atoms with Gasteiger partial charge < -0.3 is 4.90 Å². The Balaban J connectivity index is 1.53. The van der Waals surface area contributed by atoms with E-state index in [2.05, 4.69) is 33.4 Å². The van der Waals surface area contributed by atoms with Crippen molar-refractivity contribution in [3.63, 3.8) is 0 Å². The largest absolute Gasteiger partial charge is 0.338 e. The van der Waals surface area contributed by atoms with Gasteiger partial charge in [0.05, 0.1) is 12.3 Å². The van der Waals surface area contributed by atoms with Crippen LogP contribution < -0.4 is 0 Å². The van der Waals surface area contributed by atoms with Crippen LogP contribution in [-0.2, 0) is 24.2 Å². The fourth-order valence-corrected chi connectivity index (χ4v) is 3.41. The van der Waals surface area contributed by atoms with Gasteiger partial charge in [0.1, 0.15) is 12.2 Å². The maximum absolute atomic E-state index is 12.1. The fourth-order valence-electron chi connectivity index (χ4n) is 2.51. The predicted molar refractivity (Wildman–Crippen MR) is 82.0 cm³/mol. The number of rotatable bonds is 5. The lowest BCUT2D eigenvalue weighted by molar-refractivity contribution is -0.127. The van der Waals surface area contributed by atoms with Gasteiger partial charge in [0.15, 0.2) is 0 Å². The molecule has 0 spiro atoms. The minimum atomic E-state index is 0.0944. The summed E-state index contributed by atoms with van der Waals surface area (Å²) < 4.78 is 0. The van der Waals surface area contributed by atoms with Gasteiger partial charge in [-0.1, -0.05) is 6.07 Å². The Morgan fingerprint density at radius 2 is 2.24 bits per heavy atom. The van der Waals surface area contributed by atoms with Crippen LogP contribution >= 0.6 is 11.8 Å². The molecule has 1 amide bonds. The van der Waals surface area contributed by atoms with Crippen molar-refractivity contribution >= 4 is 17.7 Å². The van der Waals surface area contributed by atoms with Crippen molar-refractivity contribution in [2.75, 3.05) is 12.8 Å². The summed E-state index contributed by atoms with van der Waals surface area (Å²) in [6, 6.07) is 6.56. The molecule has 5 nitrogen and oxygen atoms in total. The molecule has 0 saturated heterocycles.